The van der Waals surface area contributed by atoms with Gasteiger partial charge in [0.05, 0.1) is 6.10 Å². The number of nitrogens with zero attached hydrogens (tertiary/aromatic N) is 1. The van der Waals surface area contributed by atoms with Gasteiger partial charge in [0.1, 0.15) is 0 Å². The van der Waals surface area contributed by atoms with Crippen LogP contribution in [0.4, 0.5) is 0 Å². The third-order valence-electron chi connectivity index (χ3n) is 4.41. The highest BCUT2D eigenvalue weighted by atomic mass is 79.9. The minimum absolute atomic E-state index is 0.0869. The molecule has 0 heterocycles. The zero-order valence-electron chi connectivity index (χ0n) is 11.5. The number of rotatable bonds is 4. The predicted molar refractivity (Wildman–Crippen MR) is 83.7 cm³/mol. The number of halogens is 2. The quantitative estimate of drug-likeness (QED) is 0.894. The molecule has 1 atom stereocenters. The summed E-state index contributed by atoms with van der Waals surface area (Å²) in [6.07, 6.45) is 4.77. The Morgan fingerprint density at radius 1 is 1.37 bits per heavy atom. The van der Waals surface area contributed by atoms with Crippen LogP contribution in [0.5, 0.6) is 0 Å². The maximum Gasteiger partial charge on any atom is 0.0764 e. The number of aliphatic hydroxyl groups excluding tert-OH is 1. The van der Waals surface area contributed by atoms with Crippen molar-refractivity contribution in [1.82, 2.24) is 4.90 Å². The number of aliphatic hydroxyl groups is 1. The van der Waals surface area contributed by atoms with Crippen molar-refractivity contribution in [3.05, 3.63) is 33.3 Å². The fraction of sp³-hybridized carbons (Fsp3) is 0.600. The van der Waals surface area contributed by atoms with Gasteiger partial charge in [-0.15, -0.1) is 0 Å². The Kier molecular flexibility index (Phi) is 4.93. The van der Waals surface area contributed by atoms with Crippen molar-refractivity contribution < 1.29 is 5.11 Å². The Bertz CT molecular complexity index is 444. The van der Waals surface area contributed by atoms with E-state index in [2.05, 4.69) is 34.9 Å². The molecule has 1 unspecified atom stereocenters. The maximum atomic E-state index is 10.7. The molecule has 1 fully saturated rings. The zero-order valence-corrected chi connectivity index (χ0v) is 13.8. The molecule has 0 radical (unpaired) electrons. The van der Waals surface area contributed by atoms with Gasteiger partial charge in [0.15, 0.2) is 0 Å². The molecule has 0 aliphatic heterocycles. The lowest BCUT2D eigenvalue weighted by atomic mass is 9.85. The van der Waals surface area contributed by atoms with E-state index in [9.17, 15) is 5.11 Å². The second-order valence-corrected chi connectivity index (χ2v) is 6.98. The molecule has 0 aromatic heterocycles. The van der Waals surface area contributed by atoms with E-state index in [1.165, 1.54) is 12.8 Å². The second kappa shape index (κ2) is 6.13. The van der Waals surface area contributed by atoms with Gasteiger partial charge >= 0.3 is 0 Å². The lowest BCUT2D eigenvalue weighted by molar-refractivity contribution is -0.00249. The standard InChI is InChI=1S/C15H21BrClNO/c1-18(2)15(7-3-4-8-15)14(19)9-11-5-6-12(16)10-13(11)17/h5-6,10,14,19H,3-4,7-9H2,1-2H3. The summed E-state index contributed by atoms with van der Waals surface area (Å²) < 4.78 is 0.971. The summed E-state index contributed by atoms with van der Waals surface area (Å²) in [5.74, 6) is 0. The minimum Gasteiger partial charge on any atom is -0.391 e. The van der Waals surface area contributed by atoms with Gasteiger partial charge in [-0.1, -0.05) is 46.4 Å². The molecule has 2 nitrogen and oxygen atoms in total. The fourth-order valence-electron chi connectivity index (χ4n) is 3.15. The summed E-state index contributed by atoms with van der Waals surface area (Å²) in [5.41, 5.74) is 0.932. The van der Waals surface area contributed by atoms with Crippen LogP contribution in [0, 0.1) is 0 Å². The molecule has 1 N–H and O–H groups in total. The van der Waals surface area contributed by atoms with Crippen molar-refractivity contribution in [3.8, 4) is 0 Å². The van der Waals surface area contributed by atoms with E-state index in [0.717, 1.165) is 27.9 Å². The highest BCUT2D eigenvalue weighted by molar-refractivity contribution is 9.10. The van der Waals surface area contributed by atoms with E-state index in [-0.39, 0.29) is 11.6 Å². The normalized spacial score (nSPS) is 19.9. The smallest absolute Gasteiger partial charge is 0.0764 e. The molecule has 4 heteroatoms. The molecule has 0 saturated heterocycles. The lowest BCUT2D eigenvalue weighted by Gasteiger charge is -2.40. The summed E-state index contributed by atoms with van der Waals surface area (Å²) in [6.45, 7) is 0. The first kappa shape index (κ1) is 15.3. The van der Waals surface area contributed by atoms with Gasteiger partial charge < -0.3 is 10.0 Å². The van der Waals surface area contributed by atoms with Gasteiger partial charge in [0.2, 0.25) is 0 Å². The molecular formula is C15H21BrClNO. The van der Waals surface area contributed by atoms with Crippen LogP contribution in [0.25, 0.3) is 0 Å². The first-order chi connectivity index (χ1) is 8.95. The van der Waals surface area contributed by atoms with E-state index >= 15 is 0 Å². The number of hydrogen-bond donors (Lipinski definition) is 1. The summed E-state index contributed by atoms with van der Waals surface area (Å²) in [7, 11) is 4.13. The van der Waals surface area contributed by atoms with Crippen molar-refractivity contribution in [3.63, 3.8) is 0 Å². The third kappa shape index (κ3) is 3.15. The molecule has 1 saturated carbocycles. The molecule has 1 aromatic carbocycles. The Morgan fingerprint density at radius 2 is 2.00 bits per heavy atom. The highest BCUT2D eigenvalue weighted by Crippen LogP contribution is 2.38. The van der Waals surface area contributed by atoms with Gasteiger partial charge in [-0.2, -0.15) is 0 Å². The van der Waals surface area contributed by atoms with Gasteiger partial charge in [-0.05, 0) is 44.6 Å². The molecule has 1 aromatic rings. The molecule has 19 heavy (non-hydrogen) atoms. The molecular weight excluding hydrogens is 326 g/mol. The Balaban J connectivity index is 2.17. The van der Waals surface area contributed by atoms with E-state index in [1.54, 1.807) is 0 Å². The lowest BCUT2D eigenvalue weighted by Crippen LogP contribution is -2.52. The molecule has 0 bridgehead atoms. The first-order valence-electron chi connectivity index (χ1n) is 6.75. The van der Waals surface area contributed by atoms with Gasteiger partial charge in [0, 0.05) is 21.5 Å². The Labute approximate surface area is 128 Å². The zero-order chi connectivity index (χ0) is 14.0. The first-order valence-corrected chi connectivity index (χ1v) is 7.92. The van der Waals surface area contributed by atoms with E-state index in [4.69, 9.17) is 11.6 Å². The Hall–Kier alpha value is -0.0900. The summed E-state index contributed by atoms with van der Waals surface area (Å²) in [6, 6.07) is 5.86. The van der Waals surface area contributed by atoms with Crippen LogP contribution in [0.3, 0.4) is 0 Å². The monoisotopic (exact) mass is 345 g/mol. The van der Waals surface area contributed by atoms with Crippen molar-refractivity contribution in [1.29, 1.82) is 0 Å². The largest absolute Gasteiger partial charge is 0.391 e. The molecule has 1 aliphatic rings. The Morgan fingerprint density at radius 3 is 2.53 bits per heavy atom. The molecule has 106 valence electrons. The van der Waals surface area contributed by atoms with Gasteiger partial charge in [-0.3, -0.25) is 0 Å². The highest BCUT2D eigenvalue weighted by Gasteiger charge is 2.42. The summed E-state index contributed by atoms with van der Waals surface area (Å²) in [4.78, 5) is 2.19. The summed E-state index contributed by atoms with van der Waals surface area (Å²) >= 11 is 9.66. The van der Waals surface area contributed by atoms with E-state index in [0.29, 0.717) is 6.42 Å². The van der Waals surface area contributed by atoms with Crippen LogP contribution in [0.1, 0.15) is 31.2 Å². The van der Waals surface area contributed by atoms with Crippen molar-refractivity contribution in [2.45, 2.75) is 43.7 Å². The van der Waals surface area contributed by atoms with Crippen molar-refractivity contribution in [2.24, 2.45) is 0 Å². The predicted octanol–water partition coefficient (Wildman–Crippen LogP) is 3.88. The van der Waals surface area contributed by atoms with Crippen LogP contribution in [0.15, 0.2) is 22.7 Å². The average molecular weight is 347 g/mol. The molecule has 1 aliphatic carbocycles. The SMILES string of the molecule is CN(C)C1(C(O)Cc2ccc(Br)cc2Cl)CCCC1. The van der Waals surface area contributed by atoms with Crippen molar-refractivity contribution in [2.75, 3.05) is 14.1 Å². The topological polar surface area (TPSA) is 23.5 Å². The van der Waals surface area contributed by atoms with Gasteiger partial charge in [0.25, 0.3) is 0 Å². The van der Waals surface area contributed by atoms with Crippen LogP contribution in [0.2, 0.25) is 5.02 Å². The number of likely N-dealkylation sites (N-methyl/N-ethyl adjacent to an activating group) is 1. The van der Waals surface area contributed by atoms with Gasteiger partial charge in [-0.25, -0.2) is 0 Å². The van der Waals surface area contributed by atoms with Crippen LogP contribution in [-0.2, 0) is 6.42 Å². The molecule has 0 spiro atoms. The fourth-order valence-corrected chi connectivity index (χ4v) is 3.90. The third-order valence-corrected chi connectivity index (χ3v) is 5.25. The van der Waals surface area contributed by atoms with Crippen LogP contribution < -0.4 is 0 Å². The van der Waals surface area contributed by atoms with E-state index in [1.807, 2.05) is 18.2 Å². The summed E-state index contributed by atoms with van der Waals surface area (Å²) in [5, 5.41) is 11.4. The van der Waals surface area contributed by atoms with Crippen LogP contribution >= 0.6 is 27.5 Å². The van der Waals surface area contributed by atoms with Crippen LogP contribution in [-0.4, -0.2) is 35.7 Å². The average Bonchev–Trinajstić information content (AvgIpc) is 2.83. The minimum atomic E-state index is -0.372. The molecule has 2 rings (SSSR count). The number of hydrogen-bond acceptors (Lipinski definition) is 2. The maximum absolute atomic E-state index is 10.7. The van der Waals surface area contributed by atoms with E-state index < -0.39 is 0 Å². The molecule has 0 amide bonds. The second-order valence-electron chi connectivity index (χ2n) is 5.66. The number of benzene rings is 1. The van der Waals surface area contributed by atoms with Crippen molar-refractivity contribution >= 4 is 27.5 Å².